The van der Waals surface area contributed by atoms with Gasteiger partial charge >= 0.3 is 5.97 Å². The van der Waals surface area contributed by atoms with Crippen molar-refractivity contribution in [3.05, 3.63) is 76.0 Å². The van der Waals surface area contributed by atoms with E-state index in [1.807, 2.05) is 23.1 Å². The molecule has 6 nitrogen and oxygen atoms in total. The normalized spacial score (nSPS) is 13.7. The zero-order valence-corrected chi connectivity index (χ0v) is 19.6. The highest BCUT2D eigenvalue weighted by atomic mass is 35.5. The van der Waals surface area contributed by atoms with E-state index in [1.165, 1.54) is 0 Å². The maximum absolute atomic E-state index is 11.3. The average molecular weight is 487 g/mol. The summed E-state index contributed by atoms with van der Waals surface area (Å²) in [6, 6.07) is 14.0. The Kier molecular flexibility index (Phi) is 7.26. The largest absolute Gasteiger partial charge is 0.493 e. The van der Waals surface area contributed by atoms with Gasteiger partial charge in [0.25, 0.3) is 0 Å². The number of halogens is 2. The maximum atomic E-state index is 11.3. The van der Waals surface area contributed by atoms with Crippen LogP contribution in [0, 0.1) is 0 Å². The Balaban J connectivity index is 1.73. The van der Waals surface area contributed by atoms with Crippen LogP contribution in [-0.2, 0) is 6.54 Å². The number of carbonyl (C=O) groups is 1. The van der Waals surface area contributed by atoms with Crippen LogP contribution >= 0.6 is 23.2 Å². The maximum Gasteiger partial charge on any atom is 0.335 e. The highest BCUT2D eigenvalue weighted by Gasteiger charge is 2.21. The van der Waals surface area contributed by atoms with Gasteiger partial charge in [0.05, 0.1) is 41.1 Å². The molecule has 1 aliphatic carbocycles. The van der Waals surface area contributed by atoms with Crippen molar-refractivity contribution in [3.63, 3.8) is 0 Å². The topological polar surface area (TPSA) is 71.9 Å². The zero-order chi connectivity index (χ0) is 23.4. The molecule has 4 rings (SSSR count). The molecule has 0 unspecified atom stereocenters. The Labute approximate surface area is 202 Å². The minimum absolute atomic E-state index is 0.171. The number of rotatable bonds is 8. The van der Waals surface area contributed by atoms with E-state index in [-0.39, 0.29) is 11.7 Å². The molecule has 0 saturated heterocycles. The van der Waals surface area contributed by atoms with Gasteiger partial charge in [0.2, 0.25) is 0 Å². The molecule has 0 spiro atoms. The van der Waals surface area contributed by atoms with Crippen molar-refractivity contribution in [2.24, 2.45) is 0 Å². The van der Waals surface area contributed by atoms with Crippen LogP contribution in [0.5, 0.6) is 11.5 Å². The predicted octanol–water partition coefficient (Wildman–Crippen LogP) is 6.75. The van der Waals surface area contributed by atoms with Crippen molar-refractivity contribution in [2.75, 3.05) is 12.0 Å². The fourth-order valence-electron chi connectivity index (χ4n) is 3.94. The predicted molar refractivity (Wildman–Crippen MR) is 129 cm³/mol. The molecule has 0 bridgehead atoms. The summed E-state index contributed by atoms with van der Waals surface area (Å²) in [5.41, 5.74) is 2.46. The lowest BCUT2D eigenvalue weighted by Crippen LogP contribution is -2.18. The Morgan fingerprint density at radius 3 is 2.39 bits per heavy atom. The Morgan fingerprint density at radius 2 is 1.76 bits per heavy atom. The van der Waals surface area contributed by atoms with E-state index in [0.29, 0.717) is 33.8 Å². The summed E-state index contributed by atoms with van der Waals surface area (Å²) in [4.78, 5) is 17.7. The minimum atomic E-state index is -0.979. The minimum Gasteiger partial charge on any atom is -0.493 e. The van der Waals surface area contributed by atoms with Gasteiger partial charge < -0.3 is 19.5 Å². The van der Waals surface area contributed by atoms with E-state index < -0.39 is 5.97 Å². The molecule has 0 amide bonds. The second kappa shape index (κ2) is 10.3. The van der Waals surface area contributed by atoms with Gasteiger partial charge in [0, 0.05) is 23.6 Å². The number of aromatic carboxylic acids is 1. The number of anilines is 2. The number of carboxylic acid groups (broad SMARTS) is 1. The average Bonchev–Trinajstić information content (AvgIpc) is 3.32. The molecule has 1 fully saturated rings. The van der Waals surface area contributed by atoms with E-state index in [0.717, 1.165) is 37.1 Å². The van der Waals surface area contributed by atoms with Crippen LogP contribution in [0.3, 0.4) is 0 Å². The number of aromatic nitrogens is 1. The van der Waals surface area contributed by atoms with E-state index in [4.69, 9.17) is 32.7 Å². The van der Waals surface area contributed by atoms with Gasteiger partial charge in [-0.3, -0.25) is 4.98 Å². The number of nitrogens with zero attached hydrogens (tertiary/aromatic N) is 2. The SMILES string of the molecule is COc1ccc(N(Cc2ncc(Cl)cc2Cl)c2ccc(C(=O)O)cc2)cc1OC1CCCC1. The fourth-order valence-corrected chi connectivity index (χ4v) is 4.38. The Hall–Kier alpha value is -2.96. The standard InChI is InChI=1S/C25H24Cl2N2O4/c1-32-23-11-10-19(13-24(23)33-20-4-2-3-5-20)29(15-22-21(27)12-17(26)14-28-22)18-8-6-16(7-9-18)25(30)31/h6-14,20H,2-5,15H2,1H3,(H,30,31). The molecule has 172 valence electrons. The summed E-state index contributed by atoms with van der Waals surface area (Å²) in [6.45, 7) is 0.345. The molecule has 33 heavy (non-hydrogen) atoms. The molecule has 0 aliphatic heterocycles. The van der Waals surface area contributed by atoms with Crippen molar-refractivity contribution in [1.82, 2.24) is 4.98 Å². The van der Waals surface area contributed by atoms with Gasteiger partial charge in [-0.15, -0.1) is 0 Å². The molecule has 2 aromatic carbocycles. The van der Waals surface area contributed by atoms with Gasteiger partial charge in [0.1, 0.15) is 0 Å². The third kappa shape index (κ3) is 5.52. The van der Waals surface area contributed by atoms with Gasteiger partial charge in [-0.2, -0.15) is 0 Å². The summed E-state index contributed by atoms with van der Waals surface area (Å²) < 4.78 is 11.8. The molecule has 0 radical (unpaired) electrons. The quantitative estimate of drug-likeness (QED) is 0.379. The van der Waals surface area contributed by atoms with E-state index >= 15 is 0 Å². The van der Waals surface area contributed by atoms with E-state index in [2.05, 4.69) is 4.98 Å². The summed E-state index contributed by atoms with van der Waals surface area (Å²) in [5, 5.41) is 10.2. The molecule has 1 aromatic heterocycles. The van der Waals surface area contributed by atoms with Gasteiger partial charge in [-0.05, 0) is 68.1 Å². The third-order valence-electron chi connectivity index (χ3n) is 5.67. The summed E-state index contributed by atoms with van der Waals surface area (Å²) >= 11 is 12.4. The van der Waals surface area contributed by atoms with Crippen LogP contribution in [0.1, 0.15) is 41.7 Å². The smallest absolute Gasteiger partial charge is 0.335 e. The van der Waals surface area contributed by atoms with Crippen LogP contribution in [0.4, 0.5) is 11.4 Å². The summed E-state index contributed by atoms with van der Waals surface area (Å²) in [5.74, 6) is 0.353. The number of ether oxygens (including phenoxy) is 2. The molecular formula is C25H24Cl2N2O4. The second-order valence-electron chi connectivity index (χ2n) is 7.88. The molecule has 1 saturated carbocycles. The van der Waals surface area contributed by atoms with Crippen molar-refractivity contribution in [1.29, 1.82) is 0 Å². The van der Waals surface area contributed by atoms with E-state index in [1.54, 1.807) is 43.6 Å². The second-order valence-corrected chi connectivity index (χ2v) is 8.72. The molecule has 0 atom stereocenters. The Morgan fingerprint density at radius 1 is 1.06 bits per heavy atom. The molecule has 1 heterocycles. The first-order valence-electron chi connectivity index (χ1n) is 10.7. The molecule has 3 aromatic rings. The Bertz CT molecular complexity index is 1130. The molecule has 8 heteroatoms. The summed E-state index contributed by atoms with van der Waals surface area (Å²) in [6.07, 6.45) is 6.10. The van der Waals surface area contributed by atoms with E-state index in [9.17, 15) is 9.90 Å². The van der Waals surface area contributed by atoms with Crippen molar-refractivity contribution >= 4 is 40.5 Å². The first kappa shape index (κ1) is 23.2. The lowest BCUT2D eigenvalue weighted by molar-refractivity contribution is 0.0697. The molecule has 1 N–H and O–H groups in total. The highest BCUT2D eigenvalue weighted by Crippen LogP contribution is 2.38. The lowest BCUT2D eigenvalue weighted by atomic mass is 10.1. The number of benzene rings is 2. The third-order valence-corrected chi connectivity index (χ3v) is 6.21. The van der Waals surface area contributed by atoms with Crippen LogP contribution in [-0.4, -0.2) is 29.3 Å². The van der Waals surface area contributed by atoms with Crippen LogP contribution in [0.15, 0.2) is 54.7 Å². The van der Waals surface area contributed by atoms with Gasteiger partial charge in [0.15, 0.2) is 11.5 Å². The zero-order valence-electron chi connectivity index (χ0n) is 18.1. The number of carboxylic acids is 1. The molecule has 1 aliphatic rings. The van der Waals surface area contributed by atoms with Gasteiger partial charge in [-0.25, -0.2) is 4.79 Å². The fraction of sp³-hybridized carbons (Fsp3) is 0.280. The van der Waals surface area contributed by atoms with Crippen LogP contribution in [0.25, 0.3) is 0 Å². The number of hydrogen-bond acceptors (Lipinski definition) is 5. The molecular weight excluding hydrogens is 463 g/mol. The summed E-state index contributed by atoms with van der Waals surface area (Å²) in [7, 11) is 1.62. The monoisotopic (exact) mass is 486 g/mol. The highest BCUT2D eigenvalue weighted by molar-refractivity contribution is 6.34. The number of pyridine rings is 1. The van der Waals surface area contributed by atoms with Crippen molar-refractivity contribution < 1.29 is 19.4 Å². The number of methoxy groups -OCH3 is 1. The van der Waals surface area contributed by atoms with Gasteiger partial charge in [-0.1, -0.05) is 23.2 Å². The van der Waals surface area contributed by atoms with Crippen molar-refractivity contribution in [3.8, 4) is 11.5 Å². The van der Waals surface area contributed by atoms with Crippen LogP contribution in [0.2, 0.25) is 10.0 Å². The first-order valence-corrected chi connectivity index (χ1v) is 11.5. The number of hydrogen-bond donors (Lipinski definition) is 1. The lowest BCUT2D eigenvalue weighted by Gasteiger charge is -2.27. The van der Waals surface area contributed by atoms with Crippen LogP contribution < -0.4 is 14.4 Å². The first-order chi connectivity index (χ1) is 15.9. The van der Waals surface area contributed by atoms with Crippen molar-refractivity contribution in [2.45, 2.75) is 38.3 Å².